The van der Waals surface area contributed by atoms with E-state index in [0.29, 0.717) is 30.0 Å². The third-order valence-corrected chi connectivity index (χ3v) is 5.10. The quantitative estimate of drug-likeness (QED) is 0.221. The van der Waals surface area contributed by atoms with E-state index < -0.39 is 0 Å². The lowest BCUT2D eigenvalue weighted by Crippen LogP contribution is -2.52. The molecular formula is C22H39IN4O4. The molecule has 0 aliphatic carbocycles. The van der Waals surface area contributed by atoms with Crippen LogP contribution in [0.2, 0.25) is 0 Å². The Morgan fingerprint density at radius 3 is 2.58 bits per heavy atom. The summed E-state index contributed by atoms with van der Waals surface area (Å²) in [6.45, 7) is 12.5. The zero-order valence-electron chi connectivity index (χ0n) is 19.2. The highest BCUT2D eigenvalue weighted by molar-refractivity contribution is 14.0. The molecule has 0 aromatic heterocycles. The van der Waals surface area contributed by atoms with Crippen molar-refractivity contribution in [1.29, 1.82) is 0 Å². The van der Waals surface area contributed by atoms with Gasteiger partial charge in [0.2, 0.25) is 0 Å². The summed E-state index contributed by atoms with van der Waals surface area (Å²) in [4.78, 5) is 7.24. The van der Waals surface area contributed by atoms with Gasteiger partial charge in [-0.1, -0.05) is 19.9 Å². The molecule has 2 rings (SSSR count). The van der Waals surface area contributed by atoms with Crippen molar-refractivity contribution >= 4 is 29.9 Å². The molecule has 1 aromatic carbocycles. The molecule has 1 atom stereocenters. The van der Waals surface area contributed by atoms with Crippen LogP contribution in [0, 0.1) is 5.92 Å². The van der Waals surface area contributed by atoms with Crippen LogP contribution >= 0.6 is 24.0 Å². The molecule has 31 heavy (non-hydrogen) atoms. The minimum Gasteiger partial charge on any atom is -0.493 e. The highest BCUT2D eigenvalue weighted by atomic mass is 127. The molecule has 0 spiro atoms. The Labute approximate surface area is 203 Å². The van der Waals surface area contributed by atoms with Crippen LogP contribution in [-0.4, -0.2) is 81.7 Å². The van der Waals surface area contributed by atoms with Gasteiger partial charge >= 0.3 is 0 Å². The molecule has 0 bridgehead atoms. The predicted molar refractivity (Wildman–Crippen MR) is 135 cm³/mol. The fourth-order valence-electron chi connectivity index (χ4n) is 3.49. The second kappa shape index (κ2) is 15.5. The standard InChI is InChI=1S/C22H38N4O4.HI/c1-5-23-22(25-16-19(17(2)3)26-8-11-29-12-9-26)24-15-18-6-7-20(30-13-10-27)21(14-18)28-4;/h6-7,14,17,19,27H,5,8-13,15-16H2,1-4H3,(H2,23,24,25);1H. The largest absolute Gasteiger partial charge is 0.493 e. The number of methoxy groups -OCH3 is 1. The Balaban J connectivity index is 0.00000480. The third-order valence-electron chi connectivity index (χ3n) is 5.10. The Morgan fingerprint density at radius 1 is 1.23 bits per heavy atom. The molecular weight excluding hydrogens is 511 g/mol. The Kier molecular flexibility index (Phi) is 13.9. The number of aliphatic hydroxyl groups is 1. The van der Waals surface area contributed by atoms with Crippen molar-refractivity contribution in [2.75, 3.05) is 59.7 Å². The second-order valence-corrected chi connectivity index (χ2v) is 7.59. The van der Waals surface area contributed by atoms with E-state index in [0.717, 1.165) is 50.9 Å². The average Bonchev–Trinajstić information content (AvgIpc) is 2.76. The van der Waals surface area contributed by atoms with Crippen molar-refractivity contribution in [3.05, 3.63) is 23.8 Å². The number of hydrogen-bond donors (Lipinski definition) is 3. The van der Waals surface area contributed by atoms with Gasteiger partial charge in [-0.2, -0.15) is 0 Å². The van der Waals surface area contributed by atoms with Gasteiger partial charge in [0.15, 0.2) is 17.5 Å². The van der Waals surface area contributed by atoms with Gasteiger partial charge in [-0.3, -0.25) is 4.90 Å². The predicted octanol–water partition coefficient (Wildman–Crippen LogP) is 2.10. The van der Waals surface area contributed by atoms with E-state index in [2.05, 4.69) is 36.3 Å². The number of guanidine groups is 1. The van der Waals surface area contributed by atoms with E-state index in [1.54, 1.807) is 7.11 Å². The molecule has 1 saturated heterocycles. The van der Waals surface area contributed by atoms with Gasteiger partial charge in [-0.25, -0.2) is 4.99 Å². The molecule has 1 aliphatic rings. The van der Waals surface area contributed by atoms with Crippen molar-refractivity contribution < 1.29 is 19.3 Å². The van der Waals surface area contributed by atoms with Crippen LogP contribution in [-0.2, 0) is 11.3 Å². The number of ether oxygens (including phenoxy) is 3. The first-order valence-electron chi connectivity index (χ1n) is 10.8. The fourth-order valence-corrected chi connectivity index (χ4v) is 3.49. The van der Waals surface area contributed by atoms with E-state index >= 15 is 0 Å². The van der Waals surface area contributed by atoms with Gasteiger partial charge < -0.3 is 30.0 Å². The van der Waals surface area contributed by atoms with Crippen molar-refractivity contribution in [3.8, 4) is 11.5 Å². The highest BCUT2D eigenvalue weighted by Gasteiger charge is 2.23. The number of nitrogens with zero attached hydrogens (tertiary/aromatic N) is 2. The molecule has 1 heterocycles. The van der Waals surface area contributed by atoms with Crippen LogP contribution in [0.15, 0.2) is 23.2 Å². The lowest BCUT2D eigenvalue weighted by Gasteiger charge is -2.37. The minimum absolute atomic E-state index is 0. The number of rotatable bonds is 11. The lowest BCUT2D eigenvalue weighted by atomic mass is 10.0. The maximum atomic E-state index is 8.94. The van der Waals surface area contributed by atoms with E-state index in [1.165, 1.54) is 0 Å². The van der Waals surface area contributed by atoms with Gasteiger partial charge in [0.05, 0.1) is 33.5 Å². The van der Waals surface area contributed by atoms with Crippen molar-refractivity contribution in [3.63, 3.8) is 0 Å². The van der Waals surface area contributed by atoms with Crippen molar-refractivity contribution in [1.82, 2.24) is 15.5 Å². The summed E-state index contributed by atoms with van der Waals surface area (Å²) in [6, 6.07) is 6.17. The number of aliphatic hydroxyl groups excluding tert-OH is 1. The fraction of sp³-hybridized carbons (Fsp3) is 0.682. The maximum Gasteiger partial charge on any atom is 0.191 e. The van der Waals surface area contributed by atoms with E-state index in [9.17, 15) is 0 Å². The van der Waals surface area contributed by atoms with Crippen LogP contribution in [0.4, 0.5) is 0 Å². The van der Waals surface area contributed by atoms with E-state index in [1.807, 2.05) is 18.2 Å². The summed E-state index contributed by atoms with van der Waals surface area (Å²) in [7, 11) is 1.61. The average molecular weight is 550 g/mol. The highest BCUT2D eigenvalue weighted by Crippen LogP contribution is 2.28. The van der Waals surface area contributed by atoms with Gasteiger partial charge in [0.1, 0.15) is 6.61 Å². The first-order chi connectivity index (χ1) is 14.6. The molecule has 1 aliphatic heterocycles. The summed E-state index contributed by atoms with van der Waals surface area (Å²) in [5.74, 6) is 2.60. The third kappa shape index (κ3) is 9.38. The first-order valence-corrected chi connectivity index (χ1v) is 10.8. The molecule has 3 N–H and O–H groups in total. The molecule has 0 radical (unpaired) electrons. The zero-order valence-corrected chi connectivity index (χ0v) is 21.6. The van der Waals surface area contributed by atoms with Gasteiger partial charge in [-0.05, 0) is 30.5 Å². The maximum absolute atomic E-state index is 8.94. The van der Waals surface area contributed by atoms with Crippen LogP contribution < -0.4 is 20.1 Å². The number of hydrogen-bond acceptors (Lipinski definition) is 6. The molecule has 0 amide bonds. The van der Waals surface area contributed by atoms with E-state index in [4.69, 9.17) is 24.3 Å². The Morgan fingerprint density at radius 2 is 1.97 bits per heavy atom. The molecule has 8 nitrogen and oxygen atoms in total. The van der Waals surface area contributed by atoms with Crippen LogP contribution in [0.25, 0.3) is 0 Å². The SMILES string of the molecule is CCNC(=NCc1ccc(OCCO)c(OC)c1)NCC(C(C)C)N1CCOCC1.I. The number of halogens is 1. The van der Waals surface area contributed by atoms with Crippen molar-refractivity contribution in [2.45, 2.75) is 33.4 Å². The van der Waals surface area contributed by atoms with Crippen LogP contribution in [0.1, 0.15) is 26.3 Å². The zero-order chi connectivity index (χ0) is 21.8. The van der Waals surface area contributed by atoms with Crippen LogP contribution in [0.5, 0.6) is 11.5 Å². The molecule has 178 valence electrons. The van der Waals surface area contributed by atoms with Crippen LogP contribution in [0.3, 0.4) is 0 Å². The molecule has 9 heteroatoms. The summed E-state index contributed by atoms with van der Waals surface area (Å²) >= 11 is 0. The summed E-state index contributed by atoms with van der Waals surface area (Å²) < 4.78 is 16.4. The summed E-state index contributed by atoms with van der Waals surface area (Å²) in [5, 5.41) is 15.8. The number of benzene rings is 1. The van der Waals surface area contributed by atoms with E-state index in [-0.39, 0.29) is 37.2 Å². The first kappa shape index (κ1) is 27.7. The smallest absolute Gasteiger partial charge is 0.191 e. The molecule has 1 aromatic rings. The lowest BCUT2D eigenvalue weighted by molar-refractivity contribution is 0.00752. The molecule has 1 fully saturated rings. The Bertz CT molecular complexity index is 654. The van der Waals surface area contributed by atoms with Gasteiger partial charge in [0.25, 0.3) is 0 Å². The summed E-state index contributed by atoms with van der Waals surface area (Å²) in [6.07, 6.45) is 0. The Hall–Kier alpha value is -1.30. The normalized spacial score (nSPS) is 15.9. The number of morpholine rings is 1. The monoisotopic (exact) mass is 550 g/mol. The molecule has 1 unspecified atom stereocenters. The minimum atomic E-state index is -0.0330. The number of aliphatic imine (C=N–C) groups is 1. The topological polar surface area (TPSA) is 87.6 Å². The second-order valence-electron chi connectivity index (χ2n) is 7.59. The van der Waals surface area contributed by atoms with Gasteiger partial charge in [0, 0.05) is 32.2 Å². The van der Waals surface area contributed by atoms with Gasteiger partial charge in [-0.15, -0.1) is 24.0 Å². The number of nitrogens with one attached hydrogen (secondary N) is 2. The summed E-state index contributed by atoms with van der Waals surface area (Å²) in [5.41, 5.74) is 1.02. The molecule has 0 saturated carbocycles. The van der Waals surface area contributed by atoms with Crippen molar-refractivity contribution in [2.24, 2.45) is 10.9 Å².